The lowest BCUT2D eigenvalue weighted by Crippen LogP contribution is -2.52. The molecule has 0 aromatic carbocycles. The van der Waals surface area contributed by atoms with Crippen LogP contribution in [0.1, 0.15) is 68.1 Å². The molecule has 1 spiro atoms. The minimum atomic E-state index is -2.65. The molecule has 3 fully saturated rings. The molecule has 2 amide bonds. The van der Waals surface area contributed by atoms with Crippen LogP contribution in [0, 0.1) is 18.8 Å². The van der Waals surface area contributed by atoms with Gasteiger partial charge in [0.25, 0.3) is 0 Å². The van der Waals surface area contributed by atoms with Gasteiger partial charge in [0, 0.05) is 42.5 Å². The van der Waals surface area contributed by atoms with Crippen LogP contribution in [0.5, 0.6) is 0 Å². The zero-order valence-electron chi connectivity index (χ0n) is 18.3. The molecule has 3 atom stereocenters. The highest BCUT2D eigenvalue weighted by atomic mass is 32.2. The van der Waals surface area contributed by atoms with Gasteiger partial charge in [-0.15, -0.1) is 0 Å². The van der Waals surface area contributed by atoms with Gasteiger partial charge in [-0.1, -0.05) is 13.3 Å². The van der Waals surface area contributed by atoms with Crippen molar-refractivity contribution in [2.75, 3.05) is 18.1 Å². The van der Waals surface area contributed by atoms with Gasteiger partial charge in [0.05, 0.1) is 21.0 Å². The zero-order chi connectivity index (χ0) is 22.1. The molecule has 170 valence electrons. The first-order valence-electron chi connectivity index (χ1n) is 11.3. The summed E-state index contributed by atoms with van der Waals surface area (Å²) in [6.07, 6.45) is 8.91. The molecule has 3 aliphatic rings. The normalized spacial score (nSPS) is 34.8. The van der Waals surface area contributed by atoms with Crippen LogP contribution in [0.3, 0.4) is 0 Å². The standard InChI is InChI=1S/C22H32N4O4S/c1-3-4-16-13-18(16)20(27)25-17-5-10-30-22(14-17)6-11-31(29,12-7-22)26-21(28)19-15(2)23-8-9-24-19/h8-9,16-18H,3-7,10-14H2,1-2H3,(H,25,27)/t16-,17?,18-,22?,31?/m1/s1. The van der Waals surface area contributed by atoms with Crippen molar-refractivity contribution in [3.05, 3.63) is 23.8 Å². The van der Waals surface area contributed by atoms with Crippen LogP contribution in [-0.2, 0) is 19.3 Å². The molecule has 31 heavy (non-hydrogen) atoms. The number of aromatic nitrogens is 2. The molecule has 1 unspecified atom stereocenters. The number of nitrogens with zero attached hydrogens (tertiary/aromatic N) is 3. The zero-order valence-corrected chi connectivity index (χ0v) is 19.2. The van der Waals surface area contributed by atoms with Gasteiger partial charge in [0.1, 0.15) is 0 Å². The number of hydrogen-bond acceptors (Lipinski definition) is 6. The smallest absolute Gasteiger partial charge is 0.305 e. The minimum Gasteiger partial charge on any atom is -0.375 e. The summed E-state index contributed by atoms with van der Waals surface area (Å²) in [5, 5.41) is 3.24. The molecule has 9 heteroatoms. The first kappa shape index (κ1) is 22.3. The van der Waals surface area contributed by atoms with Crippen LogP contribution in [0.15, 0.2) is 16.8 Å². The minimum absolute atomic E-state index is 0.0964. The molecule has 0 radical (unpaired) electrons. The lowest BCUT2D eigenvalue weighted by atomic mass is 9.85. The quantitative estimate of drug-likeness (QED) is 0.741. The van der Waals surface area contributed by atoms with E-state index in [2.05, 4.69) is 26.6 Å². The average Bonchev–Trinajstić information content (AvgIpc) is 3.51. The topological polar surface area (TPSA) is 111 Å². The van der Waals surface area contributed by atoms with E-state index in [1.54, 1.807) is 6.92 Å². The first-order valence-corrected chi connectivity index (χ1v) is 13.2. The molecule has 1 aromatic heterocycles. The number of rotatable bonds is 5. The average molecular weight is 449 g/mol. The van der Waals surface area contributed by atoms with Crippen LogP contribution >= 0.6 is 0 Å². The number of carbonyl (C=O) groups is 2. The molecule has 1 aliphatic carbocycles. The summed E-state index contributed by atoms with van der Waals surface area (Å²) in [5.41, 5.74) is 0.256. The fraction of sp³-hybridized carbons (Fsp3) is 0.727. The number of aryl methyl sites for hydroxylation is 1. The summed E-state index contributed by atoms with van der Waals surface area (Å²) >= 11 is 0. The lowest BCUT2D eigenvalue weighted by molar-refractivity contribution is -0.127. The lowest BCUT2D eigenvalue weighted by Gasteiger charge is -2.44. The van der Waals surface area contributed by atoms with Crippen LogP contribution in [-0.4, -0.2) is 55.7 Å². The van der Waals surface area contributed by atoms with Gasteiger partial charge in [0.15, 0.2) is 5.69 Å². The van der Waals surface area contributed by atoms with Gasteiger partial charge in [-0.25, -0.2) is 9.19 Å². The Morgan fingerprint density at radius 1 is 1.29 bits per heavy atom. The fourth-order valence-corrected chi connectivity index (χ4v) is 7.04. The van der Waals surface area contributed by atoms with Gasteiger partial charge in [0.2, 0.25) is 5.91 Å². The number of ether oxygens (including phenoxy) is 1. The Kier molecular flexibility index (Phi) is 6.44. The number of carbonyl (C=O) groups excluding carboxylic acids is 2. The second kappa shape index (κ2) is 8.94. The first-order chi connectivity index (χ1) is 14.8. The third-order valence-corrected chi connectivity index (χ3v) is 9.03. The van der Waals surface area contributed by atoms with Crippen molar-refractivity contribution in [1.82, 2.24) is 15.3 Å². The van der Waals surface area contributed by atoms with Crippen molar-refractivity contribution in [2.24, 2.45) is 16.2 Å². The molecule has 3 heterocycles. The monoisotopic (exact) mass is 448 g/mol. The summed E-state index contributed by atoms with van der Waals surface area (Å²) in [5.74, 6) is 0.987. The van der Waals surface area contributed by atoms with Gasteiger partial charge < -0.3 is 10.1 Å². The van der Waals surface area contributed by atoms with E-state index in [1.807, 2.05) is 0 Å². The van der Waals surface area contributed by atoms with Gasteiger partial charge in [-0.05, 0) is 51.4 Å². The summed E-state index contributed by atoms with van der Waals surface area (Å²) in [6, 6.07) is 0.0964. The molecule has 4 rings (SSSR count). The highest BCUT2D eigenvalue weighted by Crippen LogP contribution is 2.43. The highest BCUT2D eigenvalue weighted by Gasteiger charge is 2.45. The maximum atomic E-state index is 13.2. The van der Waals surface area contributed by atoms with Gasteiger partial charge in [-0.3, -0.25) is 14.6 Å². The number of nitrogens with one attached hydrogen (secondary N) is 1. The number of amides is 2. The highest BCUT2D eigenvalue weighted by molar-refractivity contribution is 7.93. The van der Waals surface area contributed by atoms with E-state index in [1.165, 1.54) is 12.4 Å². The molecule has 2 aliphatic heterocycles. The van der Waals surface area contributed by atoms with Crippen LogP contribution < -0.4 is 5.32 Å². The van der Waals surface area contributed by atoms with E-state index < -0.39 is 15.6 Å². The Labute approximate surface area is 184 Å². The van der Waals surface area contributed by atoms with Crippen molar-refractivity contribution >= 4 is 21.5 Å². The second-order valence-electron chi connectivity index (χ2n) is 9.19. The Balaban J connectivity index is 1.36. The van der Waals surface area contributed by atoms with E-state index in [0.717, 1.165) is 32.1 Å². The fourth-order valence-electron chi connectivity index (χ4n) is 4.89. The Hall–Kier alpha value is -1.87. The molecular weight excluding hydrogens is 416 g/mol. The van der Waals surface area contributed by atoms with Crippen molar-refractivity contribution in [2.45, 2.75) is 70.4 Å². The second-order valence-corrected chi connectivity index (χ2v) is 11.7. The largest absolute Gasteiger partial charge is 0.375 e. The van der Waals surface area contributed by atoms with Crippen LogP contribution in [0.4, 0.5) is 0 Å². The maximum Gasteiger partial charge on any atom is 0.305 e. The Bertz CT molecular complexity index is 958. The van der Waals surface area contributed by atoms with Crippen LogP contribution in [0.25, 0.3) is 0 Å². The Morgan fingerprint density at radius 3 is 2.74 bits per heavy atom. The molecule has 8 nitrogen and oxygen atoms in total. The number of hydrogen-bond donors (Lipinski definition) is 1. The van der Waals surface area contributed by atoms with E-state index in [4.69, 9.17) is 4.74 Å². The van der Waals surface area contributed by atoms with E-state index in [0.29, 0.717) is 42.6 Å². The Morgan fingerprint density at radius 2 is 2.03 bits per heavy atom. The molecule has 2 saturated heterocycles. The van der Waals surface area contributed by atoms with Gasteiger partial charge in [-0.2, -0.15) is 4.36 Å². The molecule has 1 N–H and O–H groups in total. The summed E-state index contributed by atoms with van der Waals surface area (Å²) in [4.78, 5) is 33.1. The van der Waals surface area contributed by atoms with Crippen molar-refractivity contribution in [1.29, 1.82) is 0 Å². The third kappa shape index (κ3) is 5.14. The molecule has 1 aromatic rings. The molecular formula is C22H32N4O4S. The van der Waals surface area contributed by atoms with E-state index in [-0.39, 0.29) is 29.2 Å². The summed E-state index contributed by atoms with van der Waals surface area (Å²) in [6.45, 7) is 4.43. The van der Waals surface area contributed by atoms with Crippen molar-refractivity contribution in [3.63, 3.8) is 0 Å². The van der Waals surface area contributed by atoms with E-state index in [9.17, 15) is 13.8 Å². The van der Waals surface area contributed by atoms with E-state index >= 15 is 0 Å². The maximum absolute atomic E-state index is 13.2. The summed E-state index contributed by atoms with van der Waals surface area (Å²) < 4.78 is 23.4. The third-order valence-electron chi connectivity index (χ3n) is 6.84. The SMILES string of the molecule is CCC[C@@H]1C[C@H]1C(=O)NC1CCOC2(CCS(=O)(=NC(=O)c3nccnc3C)CC2)C1. The van der Waals surface area contributed by atoms with Gasteiger partial charge >= 0.3 is 5.91 Å². The van der Waals surface area contributed by atoms with Crippen molar-refractivity contribution < 1.29 is 18.5 Å². The molecule has 1 saturated carbocycles. The van der Waals surface area contributed by atoms with Crippen molar-refractivity contribution in [3.8, 4) is 0 Å². The summed E-state index contributed by atoms with van der Waals surface area (Å²) in [7, 11) is -2.65. The molecule has 0 bridgehead atoms. The predicted molar refractivity (Wildman–Crippen MR) is 117 cm³/mol. The predicted octanol–water partition coefficient (Wildman–Crippen LogP) is 2.66. The van der Waals surface area contributed by atoms with Crippen LogP contribution in [0.2, 0.25) is 0 Å².